The highest BCUT2D eigenvalue weighted by atomic mass is 35.5. The number of rotatable bonds is 6. The molecule has 0 aliphatic heterocycles. The first kappa shape index (κ1) is 19.4. The summed E-state index contributed by atoms with van der Waals surface area (Å²) in [5, 5.41) is 14.6. The molecule has 1 aromatic carbocycles. The second-order valence-electron chi connectivity index (χ2n) is 6.23. The van der Waals surface area contributed by atoms with E-state index < -0.39 is 17.3 Å². The van der Waals surface area contributed by atoms with Gasteiger partial charge in [0.15, 0.2) is 0 Å². The highest BCUT2D eigenvalue weighted by Gasteiger charge is 2.21. The van der Waals surface area contributed by atoms with Gasteiger partial charge < -0.3 is 15.7 Å². The molecule has 2 amide bonds. The first-order valence-corrected chi connectivity index (χ1v) is 7.66. The quantitative estimate of drug-likeness (QED) is 0.740. The van der Waals surface area contributed by atoms with Crippen molar-refractivity contribution < 1.29 is 19.1 Å². The third-order valence-corrected chi connectivity index (χ3v) is 3.49. The van der Waals surface area contributed by atoms with Crippen LogP contribution in [0.15, 0.2) is 18.2 Å². The van der Waals surface area contributed by atoms with Gasteiger partial charge in [0, 0.05) is 18.4 Å². The number of hydrogen-bond acceptors (Lipinski definition) is 3. The topological polar surface area (TPSA) is 78.4 Å². The lowest BCUT2D eigenvalue weighted by Crippen LogP contribution is -2.38. The molecule has 0 heterocycles. The fourth-order valence-corrected chi connectivity index (χ4v) is 1.90. The average molecular weight is 345 g/mol. The first-order valence-electron chi connectivity index (χ1n) is 7.28. The van der Waals surface area contributed by atoms with Gasteiger partial charge >= 0.3 is 0 Å². The lowest BCUT2D eigenvalue weighted by atomic mass is 9.96. The number of halogens is 2. The number of aliphatic hydroxyl groups excluding tert-OH is 1. The summed E-state index contributed by atoms with van der Waals surface area (Å²) in [5.41, 5.74) is -0.105. The first-order chi connectivity index (χ1) is 10.6. The molecule has 0 aliphatic rings. The fraction of sp³-hybridized carbons (Fsp3) is 0.500. The van der Waals surface area contributed by atoms with Crippen molar-refractivity contribution in [3.8, 4) is 0 Å². The van der Waals surface area contributed by atoms with Crippen LogP contribution in [0.3, 0.4) is 0 Å². The number of benzene rings is 1. The maximum atomic E-state index is 13.4. The Morgan fingerprint density at radius 2 is 2.00 bits per heavy atom. The summed E-state index contributed by atoms with van der Waals surface area (Å²) >= 11 is 5.60. The Bertz CT molecular complexity index is 573. The summed E-state index contributed by atoms with van der Waals surface area (Å²) in [6, 6.07) is 3.34. The molecule has 0 bridgehead atoms. The normalized spacial score (nSPS) is 12.6. The fourth-order valence-electron chi connectivity index (χ4n) is 1.78. The van der Waals surface area contributed by atoms with E-state index >= 15 is 0 Å². The lowest BCUT2D eigenvalue weighted by Gasteiger charge is -2.19. The van der Waals surface area contributed by atoms with Gasteiger partial charge in [-0.2, -0.15) is 0 Å². The van der Waals surface area contributed by atoms with Crippen LogP contribution in [0.5, 0.6) is 0 Å². The van der Waals surface area contributed by atoms with Gasteiger partial charge in [0.25, 0.3) is 0 Å². The number of nitrogens with one attached hydrogen (secondary N) is 2. The maximum Gasteiger partial charge on any atom is 0.225 e. The molecule has 5 nitrogen and oxygen atoms in total. The Balaban J connectivity index is 2.54. The van der Waals surface area contributed by atoms with E-state index in [1.807, 2.05) is 0 Å². The van der Waals surface area contributed by atoms with Crippen LogP contribution in [0.2, 0.25) is 5.02 Å². The van der Waals surface area contributed by atoms with Gasteiger partial charge in [0.05, 0.1) is 17.7 Å². The van der Waals surface area contributed by atoms with Crippen molar-refractivity contribution in [2.24, 2.45) is 5.41 Å². The van der Waals surface area contributed by atoms with Crippen molar-refractivity contribution >= 4 is 23.4 Å². The molecule has 0 fully saturated rings. The molecule has 1 unspecified atom stereocenters. The van der Waals surface area contributed by atoms with Crippen molar-refractivity contribution in [2.75, 3.05) is 13.2 Å². The molecule has 0 aliphatic carbocycles. The zero-order chi connectivity index (χ0) is 17.6. The lowest BCUT2D eigenvalue weighted by molar-refractivity contribution is -0.128. The van der Waals surface area contributed by atoms with Crippen LogP contribution < -0.4 is 10.6 Å². The molecule has 0 radical (unpaired) electrons. The third kappa shape index (κ3) is 6.15. The Morgan fingerprint density at radius 1 is 1.35 bits per heavy atom. The van der Waals surface area contributed by atoms with Crippen LogP contribution >= 0.6 is 11.6 Å². The van der Waals surface area contributed by atoms with Crippen molar-refractivity contribution in [1.29, 1.82) is 0 Å². The smallest absolute Gasteiger partial charge is 0.225 e. The van der Waals surface area contributed by atoms with Crippen molar-refractivity contribution in [1.82, 2.24) is 10.6 Å². The van der Waals surface area contributed by atoms with Gasteiger partial charge in [-0.3, -0.25) is 9.59 Å². The molecule has 7 heteroatoms. The molecule has 3 N–H and O–H groups in total. The Kier molecular flexibility index (Phi) is 6.97. The predicted molar refractivity (Wildman–Crippen MR) is 86.5 cm³/mol. The van der Waals surface area contributed by atoms with Gasteiger partial charge in [-0.05, 0) is 17.7 Å². The molecule has 0 aromatic heterocycles. The second-order valence-corrected chi connectivity index (χ2v) is 6.64. The Morgan fingerprint density at radius 3 is 2.52 bits per heavy atom. The van der Waals surface area contributed by atoms with Gasteiger partial charge in [-0.15, -0.1) is 0 Å². The number of hydrogen-bond donors (Lipinski definition) is 3. The van der Waals surface area contributed by atoms with Gasteiger partial charge in [-0.25, -0.2) is 4.39 Å². The van der Waals surface area contributed by atoms with Gasteiger partial charge in [0.2, 0.25) is 11.8 Å². The highest BCUT2D eigenvalue weighted by Crippen LogP contribution is 2.20. The van der Waals surface area contributed by atoms with E-state index in [1.54, 1.807) is 20.8 Å². The van der Waals surface area contributed by atoms with E-state index in [0.717, 1.165) is 0 Å². The zero-order valence-electron chi connectivity index (χ0n) is 13.5. The van der Waals surface area contributed by atoms with E-state index in [0.29, 0.717) is 5.56 Å². The van der Waals surface area contributed by atoms with E-state index in [4.69, 9.17) is 11.6 Å². The monoisotopic (exact) mass is 344 g/mol. The minimum atomic E-state index is -0.729. The van der Waals surface area contributed by atoms with E-state index in [-0.39, 0.29) is 36.4 Å². The number of carbonyl (C=O) groups is 2. The summed E-state index contributed by atoms with van der Waals surface area (Å²) in [4.78, 5) is 23.6. The highest BCUT2D eigenvalue weighted by molar-refractivity contribution is 6.30. The Hall–Kier alpha value is -1.66. The maximum absolute atomic E-state index is 13.4. The van der Waals surface area contributed by atoms with Crippen molar-refractivity contribution in [2.45, 2.75) is 33.2 Å². The molecular formula is C16H22ClFN2O3. The average Bonchev–Trinajstić information content (AvgIpc) is 2.46. The van der Waals surface area contributed by atoms with Crippen LogP contribution in [0.4, 0.5) is 4.39 Å². The second kappa shape index (κ2) is 8.26. The van der Waals surface area contributed by atoms with Crippen molar-refractivity contribution in [3.63, 3.8) is 0 Å². The predicted octanol–water partition coefficient (Wildman–Crippen LogP) is 2.18. The molecule has 128 valence electrons. The van der Waals surface area contributed by atoms with Crippen LogP contribution in [0, 0.1) is 11.2 Å². The van der Waals surface area contributed by atoms with Gasteiger partial charge in [-0.1, -0.05) is 38.4 Å². The standard InChI is InChI=1S/C16H22ClFN2O3/c1-16(2,3)15(23)19-7-6-14(22)20-13(9-21)10-4-5-11(17)12(18)8-10/h4-5,8,13,21H,6-7,9H2,1-3H3,(H,19,23)(H,20,22). The van der Waals surface area contributed by atoms with Crippen LogP contribution in [0.25, 0.3) is 0 Å². The molecule has 1 atom stereocenters. The van der Waals surface area contributed by atoms with Gasteiger partial charge in [0.1, 0.15) is 5.82 Å². The third-order valence-electron chi connectivity index (χ3n) is 3.18. The molecule has 1 rings (SSSR count). The van der Waals surface area contributed by atoms with E-state index in [1.165, 1.54) is 18.2 Å². The summed E-state index contributed by atoms with van der Waals surface area (Å²) in [6.07, 6.45) is 0.0639. The molecule has 0 spiro atoms. The Labute approximate surface area is 140 Å². The van der Waals surface area contributed by atoms with Crippen LogP contribution in [-0.2, 0) is 9.59 Å². The molecular weight excluding hydrogens is 323 g/mol. The van der Waals surface area contributed by atoms with Crippen LogP contribution in [-0.4, -0.2) is 30.1 Å². The molecule has 0 saturated heterocycles. The summed E-state index contributed by atoms with van der Waals surface area (Å²) in [7, 11) is 0. The largest absolute Gasteiger partial charge is 0.394 e. The van der Waals surface area contributed by atoms with E-state index in [9.17, 15) is 19.1 Å². The minimum Gasteiger partial charge on any atom is -0.394 e. The van der Waals surface area contributed by atoms with E-state index in [2.05, 4.69) is 10.6 Å². The molecule has 23 heavy (non-hydrogen) atoms. The van der Waals surface area contributed by atoms with Crippen molar-refractivity contribution in [3.05, 3.63) is 34.6 Å². The molecule has 1 aromatic rings. The summed E-state index contributed by atoms with van der Waals surface area (Å²) in [6.45, 7) is 5.15. The number of carbonyl (C=O) groups excluding carboxylic acids is 2. The summed E-state index contributed by atoms with van der Waals surface area (Å²) < 4.78 is 13.4. The van der Waals surface area contributed by atoms with Crippen LogP contribution in [0.1, 0.15) is 38.8 Å². The number of amides is 2. The minimum absolute atomic E-state index is 0.0262. The number of aliphatic hydroxyl groups is 1. The molecule has 0 saturated carbocycles. The summed E-state index contributed by atoms with van der Waals surface area (Å²) in [5.74, 6) is -1.12. The zero-order valence-corrected chi connectivity index (χ0v) is 14.2. The SMILES string of the molecule is CC(C)(C)C(=O)NCCC(=O)NC(CO)c1ccc(Cl)c(F)c1.